The molecule has 0 aliphatic carbocycles. The van der Waals surface area contributed by atoms with Crippen LogP contribution >= 0.6 is 0 Å². The van der Waals surface area contributed by atoms with E-state index in [-0.39, 0.29) is 6.71 Å². The molecule has 0 saturated heterocycles. The number of aromatic nitrogens is 1. The molecular formula is C52H46BNO. The molecule has 7 aromatic carbocycles. The maximum absolute atomic E-state index is 6.94. The Bertz CT molecular complexity index is 2940. The normalized spacial score (nSPS) is 12.7. The zero-order chi connectivity index (χ0) is 38.2. The number of benzene rings is 7. The molecule has 0 N–H and O–H groups in total. The number of hydrogen-bond donors (Lipinski definition) is 0. The Hall–Kier alpha value is -5.80. The molecule has 2 nitrogen and oxygen atoms in total. The molecule has 0 amide bonds. The van der Waals surface area contributed by atoms with Crippen LogP contribution in [-0.4, -0.2) is 11.3 Å². The van der Waals surface area contributed by atoms with Crippen molar-refractivity contribution in [1.29, 1.82) is 0 Å². The van der Waals surface area contributed by atoms with Crippen molar-refractivity contribution in [2.24, 2.45) is 0 Å². The van der Waals surface area contributed by atoms with Crippen LogP contribution in [0.5, 0.6) is 11.5 Å². The third kappa shape index (κ3) is 4.95. The SMILES string of the molecule is Cc1cc(C)c(-c2ccc3c(c2)B2c4c(cc(C)cc4-n4c5ccc(-c6c(C)cc(C)cc6C)cc5c5cc(-c6c(C)cc(C)cc6C)cc2c54)O3)c(C)c1. The van der Waals surface area contributed by atoms with E-state index in [0.717, 1.165) is 11.5 Å². The fraction of sp³-hybridized carbons (Fsp3) is 0.192. The lowest BCUT2D eigenvalue weighted by atomic mass is 9.34. The van der Waals surface area contributed by atoms with Crippen LogP contribution < -0.4 is 21.1 Å². The molecule has 0 bridgehead atoms. The lowest BCUT2D eigenvalue weighted by molar-refractivity contribution is 0.487. The van der Waals surface area contributed by atoms with Crippen LogP contribution in [0.2, 0.25) is 0 Å². The van der Waals surface area contributed by atoms with E-state index in [0.29, 0.717) is 0 Å². The van der Waals surface area contributed by atoms with Crippen molar-refractivity contribution >= 4 is 44.9 Å². The first-order valence-electron chi connectivity index (χ1n) is 19.7. The van der Waals surface area contributed by atoms with Gasteiger partial charge < -0.3 is 9.30 Å². The number of fused-ring (bicyclic) bond motifs is 7. The average Bonchev–Trinajstić information content (AvgIpc) is 3.42. The maximum Gasteiger partial charge on any atom is 0.256 e. The predicted molar refractivity (Wildman–Crippen MR) is 236 cm³/mol. The molecule has 2 aliphatic heterocycles. The Morgan fingerprint density at radius 3 is 1.47 bits per heavy atom. The fourth-order valence-corrected chi connectivity index (χ4v) is 10.8. The van der Waals surface area contributed by atoms with Gasteiger partial charge in [0, 0.05) is 22.0 Å². The highest BCUT2D eigenvalue weighted by Crippen LogP contribution is 2.43. The summed E-state index contributed by atoms with van der Waals surface area (Å²) in [7, 11) is 0. The van der Waals surface area contributed by atoms with Crippen LogP contribution in [0.25, 0.3) is 60.9 Å². The van der Waals surface area contributed by atoms with Crippen LogP contribution in [0, 0.1) is 69.2 Å². The van der Waals surface area contributed by atoms with Gasteiger partial charge >= 0.3 is 0 Å². The molecule has 3 heteroatoms. The molecule has 0 fully saturated rings. The third-order valence-electron chi connectivity index (χ3n) is 12.4. The van der Waals surface area contributed by atoms with E-state index >= 15 is 0 Å². The summed E-state index contributed by atoms with van der Waals surface area (Å²) < 4.78 is 9.49. The summed E-state index contributed by atoms with van der Waals surface area (Å²) >= 11 is 0. The van der Waals surface area contributed by atoms with Crippen molar-refractivity contribution in [2.75, 3.05) is 0 Å². The van der Waals surface area contributed by atoms with E-state index in [2.05, 4.69) is 171 Å². The molecule has 0 saturated carbocycles. The Morgan fingerprint density at radius 1 is 0.418 bits per heavy atom. The summed E-state index contributed by atoms with van der Waals surface area (Å²) in [5, 5.41) is 2.58. The molecule has 0 unspecified atom stereocenters. The molecule has 55 heavy (non-hydrogen) atoms. The second-order valence-electron chi connectivity index (χ2n) is 16.8. The van der Waals surface area contributed by atoms with Gasteiger partial charge in [-0.05, 0) is 194 Å². The summed E-state index contributed by atoms with van der Waals surface area (Å²) in [6, 6.07) is 37.6. The second kappa shape index (κ2) is 11.9. The van der Waals surface area contributed by atoms with Gasteiger partial charge in [-0.3, -0.25) is 0 Å². The monoisotopic (exact) mass is 711 g/mol. The predicted octanol–water partition coefficient (Wildman–Crippen LogP) is 11.8. The molecule has 10 rings (SSSR count). The average molecular weight is 712 g/mol. The lowest BCUT2D eigenvalue weighted by Gasteiger charge is -2.34. The zero-order valence-corrected chi connectivity index (χ0v) is 33.7. The standard InChI is InChI=1S/C52H46BNO/c1-27-15-31(5)48(32(6)16-27)37-11-13-44-40(23-37)41-24-39(50-35(9)19-29(3)20-36(50)10)26-43-52(41)54(44)45-21-30(4)22-47-51(45)53(43)42-25-38(12-14-46(42)55-47)49-33(7)17-28(2)18-34(49)8/h11-26H,1-10H3. The van der Waals surface area contributed by atoms with E-state index in [1.165, 1.54) is 133 Å². The first-order valence-corrected chi connectivity index (χ1v) is 19.7. The van der Waals surface area contributed by atoms with E-state index in [1.807, 2.05) is 0 Å². The van der Waals surface area contributed by atoms with Gasteiger partial charge in [-0.2, -0.15) is 0 Å². The van der Waals surface area contributed by atoms with E-state index in [1.54, 1.807) is 0 Å². The number of aryl methyl sites for hydroxylation is 10. The minimum Gasteiger partial charge on any atom is -0.458 e. The van der Waals surface area contributed by atoms with Crippen molar-refractivity contribution in [1.82, 2.24) is 4.57 Å². The Labute approximate surface area is 325 Å². The smallest absolute Gasteiger partial charge is 0.256 e. The van der Waals surface area contributed by atoms with Gasteiger partial charge in [0.05, 0.1) is 5.52 Å². The van der Waals surface area contributed by atoms with Gasteiger partial charge in [-0.25, -0.2) is 0 Å². The highest BCUT2D eigenvalue weighted by molar-refractivity contribution is 6.99. The minimum absolute atomic E-state index is 0.00624. The summed E-state index contributed by atoms with van der Waals surface area (Å²) in [4.78, 5) is 0. The van der Waals surface area contributed by atoms with Crippen LogP contribution in [0.1, 0.15) is 55.6 Å². The van der Waals surface area contributed by atoms with Gasteiger partial charge in [-0.1, -0.05) is 77.4 Å². The quantitative estimate of drug-likeness (QED) is 0.166. The molecule has 268 valence electrons. The first-order chi connectivity index (χ1) is 26.4. The highest BCUT2D eigenvalue weighted by Gasteiger charge is 2.41. The molecular weight excluding hydrogens is 665 g/mol. The molecule has 1 aromatic heterocycles. The van der Waals surface area contributed by atoms with Crippen molar-refractivity contribution in [2.45, 2.75) is 69.2 Å². The summed E-state index contributed by atoms with van der Waals surface area (Å²) in [6.07, 6.45) is 0. The van der Waals surface area contributed by atoms with Crippen molar-refractivity contribution in [3.63, 3.8) is 0 Å². The first kappa shape index (κ1) is 33.7. The van der Waals surface area contributed by atoms with Crippen LogP contribution in [0.3, 0.4) is 0 Å². The van der Waals surface area contributed by atoms with Gasteiger partial charge in [-0.15, -0.1) is 0 Å². The Balaban J connectivity index is 1.34. The van der Waals surface area contributed by atoms with Crippen molar-refractivity contribution in [3.8, 4) is 50.6 Å². The number of nitrogens with zero attached hydrogens (tertiary/aromatic N) is 1. The van der Waals surface area contributed by atoms with Crippen LogP contribution in [-0.2, 0) is 0 Å². The summed E-state index contributed by atoms with van der Waals surface area (Å²) in [5.41, 5.74) is 28.3. The molecule has 0 atom stereocenters. The third-order valence-corrected chi connectivity index (χ3v) is 12.4. The summed E-state index contributed by atoms with van der Waals surface area (Å²) in [5.74, 6) is 1.90. The summed E-state index contributed by atoms with van der Waals surface area (Å²) in [6.45, 7) is 22.3. The lowest BCUT2D eigenvalue weighted by Crippen LogP contribution is -2.58. The van der Waals surface area contributed by atoms with Gasteiger partial charge in [0.2, 0.25) is 0 Å². The van der Waals surface area contributed by atoms with Crippen molar-refractivity contribution < 1.29 is 4.74 Å². The van der Waals surface area contributed by atoms with E-state index < -0.39 is 0 Å². The molecule has 0 spiro atoms. The Kier molecular flexibility index (Phi) is 7.27. The van der Waals surface area contributed by atoms with Gasteiger partial charge in [0.25, 0.3) is 6.71 Å². The second-order valence-corrected chi connectivity index (χ2v) is 16.8. The Morgan fingerprint density at radius 2 is 0.891 bits per heavy atom. The molecule has 3 heterocycles. The van der Waals surface area contributed by atoms with E-state index in [9.17, 15) is 0 Å². The number of hydrogen-bond acceptors (Lipinski definition) is 1. The maximum atomic E-state index is 6.94. The van der Waals surface area contributed by atoms with Gasteiger partial charge in [0.1, 0.15) is 11.5 Å². The number of ether oxygens (including phenoxy) is 1. The highest BCUT2D eigenvalue weighted by atomic mass is 16.5. The largest absolute Gasteiger partial charge is 0.458 e. The molecule has 8 aromatic rings. The van der Waals surface area contributed by atoms with Crippen LogP contribution in [0.4, 0.5) is 0 Å². The molecule has 2 aliphatic rings. The number of rotatable bonds is 3. The van der Waals surface area contributed by atoms with E-state index in [4.69, 9.17) is 4.74 Å². The minimum atomic E-state index is 0.00624. The topological polar surface area (TPSA) is 14.2 Å². The zero-order valence-electron chi connectivity index (χ0n) is 33.7. The molecule has 0 radical (unpaired) electrons. The van der Waals surface area contributed by atoms with Gasteiger partial charge in [0.15, 0.2) is 0 Å². The fourth-order valence-electron chi connectivity index (χ4n) is 10.8. The van der Waals surface area contributed by atoms with Crippen molar-refractivity contribution in [3.05, 3.63) is 153 Å². The van der Waals surface area contributed by atoms with Crippen LogP contribution in [0.15, 0.2) is 97.1 Å².